The second-order valence-electron chi connectivity index (χ2n) is 8.10. The lowest BCUT2D eigenvalue weighted by Gasteiger charge is -2.35. The first-order valence-electron chi connectivity index (χ1n) is 10.2. The number of aryl methyl sites for hydroxylation is 1. The van der Waals surface area contributed by atoms with E-state index in [0.717, 1.165) is 68.2 Å². The van der Waals surface area contributed by atoms with Crippen molar-refractivity contribution in [2.45, 2.75) is 57.6 Å². The van der Waals surface area contributed by atoms with E-state index >= 15 is 0 Å². The van der Waals surface area contributed by atoms with Crippen LogP contribution in [0, 0.1) is 12.8 Å². The summed E-state index contributed by atoms with van der Waals surface area (Å²) in [5.41, 5.74) is 3.22. The van der Waals surface area contributed by atoms with E-state index in [-0.39, 0.29) is 24.0 Å². The minimum atomic E-state index is -0.188. The summed E-state index contributed by atoms with van der Waals surface area (Å²) in [6.45, 7) is 3.77. The first kappa shape index (κ1) is 18.2. The highest BCUT2D eigenvalue weighted by Crippen LogP contribution is 2.30. The van der Waals surface area contributed by atoms with Gasteiger partial charge in [0.25, 0.3) is 0 Å². The highest BCUT2D eigenvalue weighted by Gasteiger charge is 2.29. The van der Waals surface area contributed by atoms with Gasteiger partial charge in [-0.2, -0.15) is 0 Å². The van der Waals surface area contributed by atoms with Gasteiger partial charge in [0.15, 0.2) is 0 Å². The van der Waals surface area contributed by atoms with Gasteiger partial charge in [-0.25, -0.2) is 0 Å². The lowest BCUT2D eigenvalue weighted by Crippen LogP contribution is -2.47. The van der Waals surface area contributed by atoms with E-state index in [4.69, 9.17) is 0 Å². The molecule has 1 aromatic heterocycles. The molecule has 1 amide bonds. The molecule has 2 N–H and O–H groups in total. The van der Waals surface area contributed by atoms with E-state index in [1.807, 2.05) is 13.0 Å². The monoisotopic (exact) mass is 367 g/mol. The SMILES string of the molecule is Cc1cc(N2CCC[C@H](C(=O)NC3CCC(O)CC3)C2)c2ccccc2n1. The van der Waals surface area contributed by atoms with Crippen molar-refractivity contribution in [3.63, 3.8) is 0 Å². The summed E-state index contributed by atoms with van der Waals surface area (Å²) in [5.74, 6) is 0.203. The number of carbonyl (C=O) groups is 1. The summed E-state index contributed by atoms with van der Waals surface area (Å²) >= 11 is 0. The summed E-state index contributed by atoms with van der Waals surface area (Å²) < 4.78 is 0. The molecule has 1 atom stereocenters. The number of pyridine rings is 1. The molecule has 4 rings (SSSR count). The molecule has 1 saturated carbocycles. The van der Waals surface area contributed by atoms with Crippen LogP contribution in [-0.2, 0) is 4.79 Å². The predicted molar refractivity (Wildman–Crippen MR) is 108 cm³/mol. The Balaban J connectivity index is 1.48. The van der Waals surface area contributed by atoms with Gasteiger partial charge in [0.2, 0.25) is 5.91 Å². The van der Waals surface area contributed by atoms with Crippen LogP contribution in [0.1, 0.15) is 44.2 Å². The number of fused-ring (bicyclic) bond motifs is 1. The second kappa shape index (κ2) is 7.85. The summed E-state index contributed by atoms with van der Waals surface area (Å²) in [6.07, 6.45) is 5.14. The standard InChI is InChI=1S/C22H29N3O2/c1-15-13-21(19-6-2-3-7-20(19)23-15)25-12-4-5-16(14-25)22(27)24-17-8-10-18(26)11-9-17/h2-3,6-7,13,16-18,26H,4-5,8-12,14H2,1H3,(H,24,27)/t16-,17?,18?/m0/s1. The maximum atomic E-state index is 12.8. The Kier molecular flexibility index (Phi) is 5.30. The largest absolute Gasteiger partial charge is 0.393 e. The number of nitrogens with zero attached hydrogens (tertiary/aromatic N) is 2. The predicted octanol–water partition coefficient (Wildman–Crippen LogP) is 3.18. The van der Waals surface area contributed by atoms with Crippen LogP contribution in [0.5, 0.6) is 0 Å². The number of hydrogen-bond donors (Lipinski definition) is 2. The molecule has 5 heteroatoms. The lowest BCUT2D eigenvalue weighted by atomic mass is 9.91. The van der Waals surface area contributed by atoms with Gasteiger partial charge >= 0.3 is 0 Å². The zero-order chi connectivity index (χ0) is 18.8. The fourth-order valence-corrected chi connectivity index (χ4v) is 4.50. The number of amides is 1. The first-order chi connectivity index (χ1) is 13.1. The fraction of sp³-hybridized carbons (Fsp3) is 0.545. The third-order valence-corrected chi connectivity index (χ3v) is 6.00. The van der Waals surface area contributed by atoms with Gasteiger partial charge in [-0.3, -0.25) is 9.78 Å². The molecule has 1 aromatic carbocycles. The van der Waals surface area contributed by atoms with Crippen LogP contribution < -0.4 is 10.2 Å². The number of para-hydroxylation sites is 1. The van der Waals surface area contributed by atoms with E-state index in [9.17, 15) is 9.90 Å². The van der Waals surface area contributed by atoms with Crippen molar-refractivity contribution < 1.29 is 9.90 Å². The number of aromatic nitrogens is 1. The van der Waals surface area contributed by atoms with Crippen LogP contribution in [-0.4, -0.2) is 41.2 Å². The molecule has 0 bridgehead atoms. The number of rotatable bonds is 3. The number of nitrogens with one attached hydrogen (secondary N) is 1. The van der Waals surface area contributed by atoms with Gasteiger partial charge in [-0.15, -0.1) is 0 Å². The fourth-order valence-electron chi connectivity index (χ4n) is 4.50. The van der Waals surface area contributed by atoms with E-state index in [0.29, 0.717) is 0 Å². The highest BCUT2D eigenvalue weighted by atomic mass is 16.3. The Morgan fingerprint density at radius 2 is 1.96 bits per heavy atom. The van der Waals surface area contributed by atoms with Gasteiger partial charge < -0.3 is 15.3 Å². The molecule has 5 nitrogen and oxygen atoms in total. The van der Waals surface area contributed by atoms with Crippen molar-refractivity contribution in [2.75, 3.05) is 18.0 Å². The molecule has 1 aliphatic carbocycles. The molecule has 2 fully saturated rings. The van der Waals surface area contributed by atoms with Gasteiger partial charge in [-0.1, -0.05) is 18.2 Å². The summed E-state index contributed by atoms with van der Waals surface area (Å²) in [4.78, 5) is 19.8. The number of benzene rings is 1. The average Bonchev–Trinajstić information content (AvgIpc) is 2.69. The lowest BCUT2D eigenvalue weighted by molar-refractivity contribution is -0.126. The zero-order valence-electron chi connectivity index (χ0n) is 16.0. The number of aliphatic hydroxyl groups is 1. The van der Waals surface area contributed by atoms with E-state index in [2.05, 4.69) is 39.5 Å². The second-order valence-corrected chi connectivity index (χ2v) is 8.10. The quantitative estimate of drug-likeness (QED) is 0.874. The average molecular weight is 367 g/mol. The van der Waals surface area contributed by atoms with E-state index in [1.54, 1.807) is 0 Å². The first-order valence-corrected chi connectivity index (χ1v) is 10.2. The number of anilines is 1. The smallest absolute Gasteiger partial charge is 0.225 e. The summed E-state index contributed by atoms with van der Waals surface area (Å²) in [5, 5.41) is 14.1. The Labute approximate surface area is 160 Å². The Morgan fingerprint density at radius 3 is 2.78 bits per heavy atom. The Hall–Kier alpha value is -2.14. The minimum absolute atomic E-state index is 0.0258. The molecular weight excluding hydrogens is 338 g/mol. The maximum Gasteiger partial charge on any atom is 0.225 e. The summed E-state index contributed by atoms with van der Waals surface area (Å²) in [7, 11) is 0. The zero-order valence-corrected chi connectivity index (χ0v) is 16.0. The van der Waals surface area contributed by atoms with Gasteiger partial charge in [0.05, 0.1) is 17.5 Å². The topological polar surface area (TPSA) is 65.5 Å². The van der Waals surface area contributed by atoms with Crippen molar-refractivity contribution in [1.82, 2.24) is 10.3 Å². The maximum absolute atomic E-state index is 12.8. The Bertz CT molecular complexity index is 814. The van der Waals surface area contributed by atoms with E-state index in [1.165, 1.54) is 5.69 Å². The van der Waals surface area contributed by atoms with Crippen LogP contribution in [0.2, 0.25) is 0 Å². The van der Waals surface area contributed by atoms with Crippen molar-refractivity contribution in [2.24, 2.45) is 5.92 Å². The van der Waals surface area contributed by atoms with Crippen molar-refractivity contribution in [3.05, 3.63) is 36.0 Å². The van der Waals surface area contributed by atoms with Crippen molar-refractivity contribution in [3.8, 4) is 0 Å². The number of aliphatic hydroxyl groups excluding tert-OH is 1. The van der Waals surface area contributed by atoms with Gasteiger partial charge in [0, 0.05) is 35.9 Å². The van der Waals surface area contributed by atoms with Crippen LogP contribution in [0.3, 0.4) is 0 Å². The molecule has 2 heterocycles. The molecule has 2 aromatic rings. The van der Waals surface area contributed by atoms with Gasteiger partial charge in [0.1, 0.15) is 0 Å². The van der Waals surface area contributed by atoms with Crippen LogP contribution in [0.15, 0.2) is 30.3 Å². The van der Waals surface area contributed by atoms with Crippen LogP contribution in [0.25, 0.3) is 10.9 Å². The van der Waals surface area contributed by atoms with Crippen LogP contribution >= 0.6 is 0 Å². The molecule has 1 saturated heterocycles. The number of hydrogen-bond acceptors (Lipinski definition) is 4. The molecule has 144 valence electrons. The van der Waals surface area contributed by atoms with Crippen LogP contribution in [0.4, 0.5) is 5.69 Å². The molecule has 2 aliphatic rings. The molecule has 0 unspecified atom stereocenters. The molecular formula is C22H29N3O2. The molecule has 1 aliphatic heterocycles. The van der Waals surface area contributed by atoms with Gasteiger partial charge in [-0.05, 0) is 57.6 Å². The molecule has 27 heavy (non-hydrogen) atoms. The Morgan fingerprint density at radius 1 is 1.19 bits per heavy atom. The van der Waals surface area contributed by atoms with Crippen molar-refractivity contribution in [1.29, 1.82) is 0 Å². The third-order valence-electron chi connectivity index (χ3n) is 6.00. The van der Waals surface area contributed by atoms with Crippen molar-refractivity contribution >= 4 is 22.5 Å². The minimum Gasteiger partial charge on any atom is -0.393 e. The summed E-state index contributed by atoms with van der Waals surface area (Å²) in [6, 6.07) is 10.6. The normalized spacial score (nSPS) is 26.1. The highest BCUT2D eigenvalue weighted by molar-refractivity contribution is 5.92. The molecule has 0 spiro atoms. The van der Waals surface area contributed by atoms with E-state index < -0.39 is 0 Å². The third kappa shape index (κ3) is 4.08. The number of carbonyl (C=O) groups excluding carboxylic acids is 1. The molecule has 0 radical (unpaired) electrons. The number of piperidine rings is 1.